The lowest BCUT2D eigenvalue weighted by molar-refractivity contribution is 0.0676. The first-order valence-electron chi connectivity index (χ1n) is 5.43. The summed E-state index contributed by atoms with van der Waals surface area (Å²) in [7, 11) is 0. The van der Waals surface area contributed by atoms with Gasteiger partial charge in [-0.25, -0.2) is 10.0 Å². The molecule has 0 bridgehead atoms. The molecule has 0 unspecified atom stereocenters. The highest BCUT2D eigenvalue weighted by Crippen LogP contribution is 2.34. The topological polar surface area (TPSA) is 51.1 Å². The molecule has 1 saturated carbocycles. The summed E-state index contributed by atoms with van der Waals surface area (Å²) in [5, 5.41) is 13.2. The number of aliphatic hydroxyl groups excluding tert-OH is 1. The molecule has 0 aromatic heterocycles. The minimum atomic E-state index is -0.0944. The number of allylic oxidation sites excluding steroid dienone is 1. The van der Waals surface area contributed by atoms with Crippen molar-refractivity contribution in [1.29, 1.82) is 0 Å². The first-order valence-corrected chi connectivity index (χ1v) is 5.84. The summed E-state index contributed by atoms with van der Waals surface area (Å²) in [4.78, 5) is 4.58. The Labute approximate surface area is 99.5 Å². The van der Waals surface area contributed by atoms with Crippen LogP contribution in [0.2, 0.25) is 0 Å². The molecule has 5 nitrogen and oxygen atoms in total. The molecule has 6 heteroatoms. The summed E-state index contributed by atoms with van der Waals surface area (Å²) in [5.74, 6) is 0.778. The van der Waals surface area contributed by atoms with E-state index in [9.17, 15) is 0 Å². The minimum absolute atomic E-state index is 0.0944. The van der Waals surface area contributed by atoms with Crippen LogP contribution in [-0.4, -0.2) is 27.6 Å². The van der Waals surface area contributed by atoms with Crippen molar-refractivity contribution in [2.45, 2.75) is 25.7 Å². The number of hydrogen-bond acceptors (Lipinski definition) is 5. The maximum atomic E-state index is 9.05. The van der Waals surface area contributed by atoms with Gasteiger partial charge in [0.05, 0.1) is 6.20 Å². The lowest BCUT2D eigenvalue weighted by atomic mass is 9.92. The van der Waals surface area contributed by atoms with E-state index in [1.807, 2.05) is 0 Å². The normalized spacial score (nSPS) is 24.1. The van der Waals surface area contributed by atoms with E-state index in [1.165, 1.54) is 18.4 Å². The number of aliphatic imine (C=N–C) groups is 1. The SMILES string of the molecule is OCN1C=C2N=C3CCCCC3=C([S])N2N1. The predicted octanol–water partition coefficient (Wildman–Crippen LogP) is 1.21. The van der Waals surface area contributed by atoms with Crippen LogP contribution in [0, 0.1) is 0 Å². The van der Waals surface area contributed by atoms with Gasteiger partial charge in [0.1, 0.15) is 11.8 Å². The number of fused-ring (bicyclic) bond motifs is 2. The standard InChI is InChI=1S/C10H13N4OS/c15-6-13-5-9-11-8-4-2-1-3-7(8)10(16)14(9)12-13/h5,12,15H,1-4,6H2. The van der Waals surface area contributed by atoms with Gasteiger partial charge in [-0.15, -0.1) is 5.53 Å². The van der Waals surface area contributed by atoms with Crippen molar-refractivity contribution in [2.24, 2.45) is 4.99 Å². The molecule has 2 aliphatic heterocycles. The van der Waals surface area contributed by atoms with Crippen LogP contribution >= 0.6 is 12.6 Å². The largest absolute Gasteiger partial charge is 0.375 e. The van der Waals surface area contributed by atoms with Crippen LogP contribution < -0.4 is 5.53 Å². The monoisotopic (exact) mass is 237 g/mol. The van der Waals surface area contributed by atoms with Crippen LogP contribution in [-0.2, 0) is 0 Å². The van der Waals surface area contributed by atoms with Gasteiger partial charge in [0.15, 0.2) is 5.82 Å². The van der Waals surface area contributed by atoms with Crippen LogP contribution in [0.3, 0.4) is 0 Å². The highest BCUT2D eigenvalue weighted by atomic mass is 32.1. The molecule has 16 heavy (non-hydrogen) atoms. The zero-order chi connectivity index (χ0) is 11.1. The number of nitrogens with zero attached hydrogens (tertiary/aromatic N) is 3. The lowest BCUT2D eigenvalue weighted by Gasteiger charge is -2.29. The predicted molar refractivity (Wildman–Crippen MR) is 62.5 cm³/mol. The van der Waals surface area contributed by atoms with Crippen molar-refractivity contribution >= 4 is 18.3 Å². The molecule has 1 fully saturated rings. The molecule has 85 valence electrons. The number of nitrogens with one attached hydrogen (secondary N) is 1. The highest BCUT2D eigenvalue weighted by molar-refractivity contribution is 7.84. The Morgan fingerprint density at radius 2 is 2.25 bits per heavy atom. The molecule has 0 aromatic carbocycles. The molecule has 0 spiro atoms. The maximum absolute atomic E-state index is 9.05. The van der Waals surface area contributed by atoms with Gasteiger partial charge in [0, 0.05) is 11.3 Å². The third kappa shape index (κ3) is 1.41. The Bertz CT molecular complexity index is 415. The fraction of sp³-hybridized carbons (Fsp3) is 0.500. The van der Waals surface area contributed by atoms with E-state index >= 15 is 0 Å². The van der Waals surface area contributed by atoms with E-state index in [-0.39, 0.29) is 6.73 Å². The Morgan fingerprint density at radius 1 is 1.44 bits per heavy atom. The Kier molecular flexibility index (Phi) is 2.34. The molecule has 0 atom stereocenters. The van der Waals surface area contributed by atoms with E-state index in [4.69, 9.17) is 17.7 Å². The fourth-order valence-corrected chi connectivity index (χ4v) is 2.58. The molecule has 0 aromatic rings. The van der Waals surface area contributed by atoms with E-state index < -0.39 is 0 Å². The van der Waals surface area contributed by atoms with E-state index in [1.54, 1.807) is 16.2 Å². The highest BCUT2D eigenvalue weighted by Gasteiger charge is 2.31. The molecule has 1 radical (unpaired) electrons. The average Bonchev–Trinajstić information content (AvgIpc) is 2.73. The Hall–Kier alpha value is -1.11. The second-order valence-corrected chi connectivity index (χ2v) is 4.47. The van der Waals surface area contributed by atoms with Crippen molar-refractivity contribution < 1.29 is 5.11 Å². The van der Waals surface area contributed by atoms with Crippen LogP contribution in [0.1, 0.15) is 25.7 Å². The lowest BCUT2D eigenvalue weighted by Crippen LogP contribution is -2.41. The Morgan fingerprint density at radius 3 is 3.06 bits per heavy atom. The summed E-state index contributed by atoms with van der Waals surface area (Å²) in [6.07, 6.45) is 6.17. The molecule has 0 amide bonds. The van der Waals surface area contributed by atoms with Gasteiger partial charge in [0.25, 0.3) is 0 Å². The second-order valence-electron chi connectivity index (χ2n) is 4.08. The third-order valence-electron chi connectivity index (χ3n) is 3.03. The smallest absolute Gasteiger partial charge is 0.167 e. The summed E-state index contributed by atoms with van der Waals surface area (Å²) >= 11 is 5.44. The summed E-state index contributed by atoms with van der Waals surface area (Å²) < 4.78 is 0. The van der Waals surface area contributed by atoms with Crippen molar-refractivity contribution in [1.82, 2.24) is 15.6 Å². The third-order valence-corrected chi connectivity index (χ3v) is 3.46. The molecule has 2 heterocycles. The molecule has 3 aliphatic rings. The number of rotatable bonds is 1. The quantitative estimate of drug-likeness (QED) is 0.720. The molecule has 3 rings (SSSR count). The zero-order valence-electron chi connectivity index (χ0n) is 8.81. The van der Waals surface area contributed by atoms with Gasteiger partial charge in [-0.05, 0) is 25.7 Å². The zero-order valence-corrected chi connectivity index (χ0v) is 9.63. The molecule has 0 saturated heterocycles. The number of hydrazine groups is 2. The van der Waals surface area contributed by atoms with Gasteiger partial charge in [0.2, 0.25) is 0 Å². The van der Waals surface area contributed by atoms with E-state index in [0.717, 1.165) is 29.4 Å². The summed E-state index contributed by atoms with van der Waals surface area (Å²) in [6.45, 7) is -0.0944. The maximum Gasteiger partial charge on any atom is 0.167 e. The van der Waals surface area contributed by atoms with E-state index in [2.05, 4.69) is 10.5 Å². The van der Waals surface area contributed by atoms with Gasteiger partial charge in [-0.2, -0.15) is 0 Å². The Balaban J connectivity index is 1.98. The minimum Gasteiger partial charge on any atom is -0.375 e. The van der Waals surface area contributed by atoms with Crippen LogP contribution in [0.15, 0.2) is 27.6 Å². The second kappa shape index (κ2) is 3.73. The summed E-state index contributed by atoms with van der Waals surface area (Å²) in [5.41, 5.74) is 5.29. The number of aliphatic hydroxyl groups is 1. The van der Waals surface area contributed by atoms with Crippen molar-refractivity contribution in [3.05, 3.63) is 22.6 Å². The fourth-order valence-electron chi connectivity index (χ4n) is 2.22. The molecular weight excluding hydrogens is 224 g/mol. The summed E-state index contributed by atoms with van der Waals surface area (Å²) in [6, 6.07) is 0. The van der Waals surface area contributed by atoms with Crippen molar-refractivity contribution in [2.75, 3.05) is 6.73 Å². The van der Waals surface area contributed by atoms with Crippen molar-refractivity contribution in [3.63, 3.8) is 0 Å². The van der Waals surface area contributed by atoms with Gasteiger partial charge in [-0.1, -0.05) is 12.6 Å². The molecule has 1 aliphatic carbocycles. The van der Waals surface area contributed by atoms with Crippen LogP contribution in [0.4, 0.5) is 0 Å². The molecular formula is C10H13N4OS. The van der Waals surface area contributed by atoms with Crippen molar-refractivity contribution in [3.8, 4) is 0 Å². The van der Waals surface area contributed by atoms with E-state index in [0.29, 0.717) is 0 Å². The van der Waals surface area contributed by atoms with Crippen LogP contribution in [0.5, 0.6) is 0 Å². The van der Waals surface area contributed by atoms with Gasteiger partial charge < -0.3 is 5.11 Å². The first kappa shape index (κ1) is 10.1. The average molecular weight is 237 g/mol. The van der Waals surface area contributed by atoms with Gasteiger partial charge in [-0.3, -0.25) is 5.01 Å². The molecule has 2 N–H and O–H groups in total. The number of hydrogen-bond donors (Lipinski definition) is 2. The first-order chi connectivity index (χ1) is 7.79. The van der Waals surface area contributed by atoms with Gasteiger partial charge >= 0.3 is 0 Å². The van der Waals surface area contributed by atoms with Crippen LogP contribution in [0.25, 0.3) is 0 Å².